The molecule has 1 aliphatic rings. The Hall–Kier alpha value is -1.93. The van der Waals surface area contributed by atoms with Gasteiger partial charge in [-0.3, -0.25) is 15.0 Å². The Morgan fingerprint density at radius 2 is 2.24 bits per heavy atom. The van der Waals surface area contributed by atoms with E-state index in [1.165, 1.54) is 0 Å². The topological polar surface area (TPSA) is 74.5 Å². The average molecular weight is 307 g/mol. The van der Waals surface area contributed by atoms with Crippen LogP contribution in [-0.4, -0.2) is 53.7 Å². The van der Waals surface area contributed by atoms with E-state index in [0.29, 0.717) is 12.4 Å². The fourth-order valence-corrected chi connectivity index (χ4v) is 2.97. The van der Waals surface area contributed by atoms with Crippen molar-refractivity contribution in [1.82, 2.24) is 15.0 Å². The molecule has 0 saturated carbocycles. The summed E-state index contributed by atoms with van der Waals surface area (Å²) >= 11 is 1.65. The third-order valence-corrected chi connectivity index (χ3v) is 4.15. The van der Waals surface area contributed by atoms with Crippen LogP contribution < -0.4 is 10.2 Å². The summed E-state index contributed by atoms with van der Waals surface area (Å²) in [6.45, 7) is 5.66. The Kier molecular flexibility index (Phi) is 4.16. The molecule has 1 fully saturated rings. The molecule has 2 aromatic rings. The van der Waals surface area contributed by atoms with Crippen LogP contribution in [0.5, 0.6) is 0 Å². The van der Waals surface area contributed by atoms with Crippen LogP contribution in [0.3, 0.4) is 0 Å². The van der Waals surface area contributed by atoms with Crippen molar-refractivity contribution in [3.8, 4) is 0 Å². The lowest BCUT2D eigenvalue weighted by atomic mass is 10.3. The lowest BCUT2D eigenvalue weighted by Crippen LogP contribution is -2.48. The van der Waals surface area contributed by atoms with E-state index < -0.39 is 0 Å². The maximum Gasteiger partial charge on any atom is 0.240 e. The second kappa shape index (κ2) is 6.23. The minimum Gasteiger partial charge on any atom is -0.346 e. The van der Waals surface area contributed by atoms with Crippen LogP contribution in [0.4, 0.5) is 11.0 Å². The van der Waals surface area contributed by atoms with E-state index in [2.05, 4.69) is 25.3 Å². The number of nitrogens with zero attached hydrogens (tertiary/aromatic N) is 4. The summed E-state index contributed by atoms with van der Waals surface area (Å²) in [7, 11) is 0. The van der Waals surface area contributed by atoms with E-state index in [0.717, 1.165) is 37.0 Å². The number of piperazine rings is 1. The first-order valence-electron chi connectivity index (χ1n) is 6.81. The van der Waals surface area contributed by atoms with Gasteiger partial charge in [-0.1, -0.05) is 5.16 Å². The molecule has 8 heteroatoms. The van der Waals surface area contributed by atoms with Crippen molar-refractivity contribution in [2.75, 3.05) is 42.9 Å². The molecule has 2 aromatic heterocycles. The highest BCUT2D eigenvalue weighted by Gasteiger charge is 2.20. The number of aryl methyl sites for hydroxylation is 1. The second-order valence-corrected chi connectivity index (χ2v) is 5.83. The Bertz CT molecular complexity index is 589. The Morgan fingerprint density at radius 1 is 1.43 bits per heavy atom. The summed E-state index contributed by atoms with van der Waals surface area (Å²) in [5.74, 6) is 0.327. The third kappa shape index (κ3) is 3.59. The number of aromatic nitrogens is 2. The van der Waals surface area contributed by atoms with Crippen LogP contribution in [0.25, 0.3) is 0 Å². The molecule has 1 aliphatic heterocycles. The maximum absolute atomic E-state index is 11.9. The summed E-state index contributed by atoms with van der Waals surface area (Å²) in [6.07, 6.45) is 1.82. The Labute approximate surface area is 126 Å². The molecular weight excluding hydrogens is 290 g/mol. The van der Waals surface area contributed by atoms with Gasteiger partial charge >= 0.3 is 0 Å². The van der Waals surface area contributed by atoms with Gasteiger partial charge in [0.1, 0.15) is 0 Å². The van der Waals surface area contributed by atoms with Gasteiger partial charge in [-0.15, -0.1) is 11.3 Å². The predicted octanol–water partition coefficient (Wildman–Crippen LogP) is 1.20. The van der Waals surface area contributed by atoms with Crippen molar-refractivity contribution in [1.29, 1.82) is 0 Å². The fourth-order valence-electron chi connectivity index (χ4n) is 2.27. The molecule has 0 aliphatic carbocycles. The molecule has 0 spiro atoms. The molecule has 112 valence electrons. The standard InChI is InChI=1S/C13H17N5O2S/c1-10-8-12(20-16-10)15-11(19)9-17-3-5-18(6-4-17)13-14-2-7-21-13/h2,7-8H,3-6,9H2,1H3,(H,15,19). The van der Waals surface area contributed by atoms with Crippen LogP contribution >= 0.6 is 11.3 Å². The minimum atomic E-state index is -0.0751. The molecule has 1 saturated heterocycles. The van der Waals surface area contributed by atoms with Gasteiger partial charge in [-0.05, 0) is 6.92 Å². The van der Waals surface area contributed by atoms with Crippen LogP contribution in [0, 0.1) is 6.92 Å². The van der Waals surface area contributed by atoms with E-state index in [9.17, 15) is 4.79 Å². The number of amides is 1. The lowest BCUT2D eigenvalue weighted by Gasteiger charge is -2.33. The number of hydrogen-bond acceptors (Lipinski definition) is 7. The van der Waals surface area contributed by atoms with Crippen molar-refractivity contribution in [3.05, 3.63) is 23.3 Å². The lowest BCUT2D eigenvalue weighted by molar-refractivity contribution is -0.117. The molecule has 0 unspecified atom stereocenters. The van der Waals surface area contributed by atoms with Gasteiger partial charge < -0.3 is 9.42 Å². The van der Waals surface area contributed by atoms with Gasteiger partial charge in [0.2, 0.25) is 11.8 Å². The number of hydrogen-bond donors (Lipinski definition) is 1. The van der Waals surface area contributed by atoms with Crippen molar-refractivity contribution in [3.63, 3.8) is 0 Å². The van der Waals surface area contributed by atoms with Gasteiger partial charge in [0.05, 0.1) is 12.2 Å². The van der Waals surface area contributed by atoms with E-state index in [-0.39, 0.29) is 5.91 Å². The summed E-state index contributed by atoms with van der Waals surface area (Å²) in [6, 6.07) is 1.71. The van der Waals surface area contributed by atoms with Crippen LogP contribution in [-0.2, 0) is 4.79 Å². The summed E-state index contributed by atoms with van der Waals surface area (Å²) in [5.41, 5.74) is 0.752. The third-order valence-electron chi connectivity index (χ3n) is 3.32. The monoisotopic (exact) mass is 307 g/mol. The van der Waals surface area contributed by atoms with Crippen molar-refractivity contribution in [2.24, 2.45) is 0 Å². The van der Waals surface area contributed by atoms with Gasteiger partial charge in [0, 0.05) is 43.8 Å². The van der Waals surface area contributed by atoms with Crippen LogP contribution in [0.15, 0.2) is 22.2 Å². The van der Waals surface area contributed by atoms with Crippen LogP contribution in [0.2, 0.25) is 0 Å². The molecule has 0 bridgehead atoms. The molecule has 0 aromatic carbocycles. The maximum atomic E-state index is 11.9. The number of carbonyl (C=O) groups excluding carboxylic acids is 1. The normalized spacial score (nSPS) is 16.1. The number of carbonyl (C=O) groups is 1. The predicted molar refractivity (Wildman–Crippen MR) is 80.6 cm³/mol. The summed E-state index contributed by atoms with van der Waals surface area (Å²) in [5, 5.41) is 9.49. The smallest absolute Gasteiger partial charge is 0.240 e. The minimum absolute atomic E-state index is 0.0751. The molecule has 0 radical (unpaired) electrons. The first-order chi connectivity index (χ1) is 10.2. The Balaban J connectivity index is 1.45. The van der Waals surface area contributed by atoms with Gasteiger partial charge in [0.25, 0.3) is 0 Å². The number of anilines is 2. The number of rotatable bonds is 4. The van der Waals surface area contributed by atoms with Crippen molar-refractivity contribution < 1.29 is 9.32 Å². The average Bonchev–Trinajstić information content (AvgIpc) is 3.11. The summed E-state index contributed by atoms with van der Waals surface area (Å²) in [4.78, 5) is 20.6. The molecular formula is C13H17N5O2S. The molecule has 3 rings (SSSR count). The van der Waals surface area contributed by atoms with E-state index >= 15 is 0 Å². The van der Waals surface area contributed by atoms with E-state index in [1.807, 2.05) is 18.5 Å². The molecule has 1 N–H and O–H groups in total. The summed E-state index contributed by atoms with van der Waals surface area (Å²) < 4.78 is 4.97. The van der Waals surface area contributed by atoms with E-state index in [4.69, 9.17) is 4.52 Å². The number of nitrogens with one attached hydrogen (secondary N) is 1. The zero-order valence-electron chi connectivity index (χ0n) is 11.8. The zero-order chi connectivity index (χ0) is 14.7. The van der Waals surface area contributed by atoms with Gasteiger partial charge in [0.15, 0.2) is 5.13 Å². The molecule has 7 nitrogen and oxygen atoms in total. The first-order valence-corrected chi connectivity index (χ1v) is 7.68. The molecule has 21 heavy (non-hydrogen) atoms. The largest absolute Gasteiger partial charge is 0.346 e. The van der Waals surface area contributed by atoms with Crippen LogP contribution in [0.1, 0.15) is 5.69 Å². The van der Waals surface area contributed by atoms with Crippen molar-refractivity contribution >= 4 is 28.3 Å². The fraction of sp³-hybridized carbons (Fsp3) is 0.462. The first kappa shape index (κ1) is 14.0. The van der Waals surface area contributed by atoms with Gasteiger partial charge in [-0.25, -0.2) is 4.98 Å². The second-order valence-electron chi connectivity index (χ2n) is 4.96. The molecule has 1 amide bonds. The van der Waals surface area contributed by atoms with E-state index in [1.54, 1.807) is 17.4 Å². The van der Waals surface area contributed by atoms with Gasteiger partial charge in [-0.2, -0.15) is 0 Å². The Morgan fingerprint density at radius 3 is 2.86 bits per heavy atom. The zero-order valence-corrected chi connectivity index (χ0v) is 12.6. The highest BCUT2D eigenvalue weighted by Crippen LogP contribution is 2.18. The SMILES string of the molecule is Cc1cc(NC(=O)CN2CCN(c3nccs3)CC2)on1. The van der Waals surface area contributed by atoms with Crippen molar-refractivity contribution in [2.45, 2.75) is 6.92 Å². The highest BCUT2D eigenvalue weighted by atomic mass is 32.1. The molecule has 0 atom stereocenters. The number of thiazole rings is 1. The quantitative estimate of drug-likeness (QED) is 0.915. The highest BCUT2D eigenvalue weighted by molar-refractivity contribution is 7.13. The molecule has 3 heterocycles.